The van der Waals surface area contributed by atoms with Crippen molar-refractivity contribution < 1.29 is 4.79 Å². The zero-order valence-electron chi connectivity index (χ0n) is 18.1. The van der Waals surface area contributed by atoms with Gasteiger partial charge < -0.3 is 21.3 Å². The van der Waals surface area contributed by atoms with E-state index in [0.717, 1.165) is 23.9 Å². The molecule has 4 N–H and O–H groups in total. The zero-order chi connectivity index (χ0) is 21.3. The van der Waals surface area contributed by atoms with Crippen molar-refractivity contribution in [3.05, 3.63) is 60.2 Å². The Morgan fingerprint density at radius 2 is 1.83 bits per heavy atom. The summed E-state index contributed by atoms with van der Waals surface area (Å²) in [6.45, 7) is 8.56. The lowest BCUT2D eigenvalue weighted by molar-refractivity contribution is -0.116. The molecule has 0 radical (unpaired) electrons. The van der Waals surface area contributed by atoms with Gasteiger partial charge in [0.05, 0.1) is 6.54 Å². The van der Waals surface area contributed by atoms with Crippen LogP contribution in [-0.4, -0.2) is 37.5 Å². The summed E-state index contributed by atoms with van der Waals surface area (Å²) in [5, 5.41) is 13.3. The van der Waals surface area contributed by atoms with Gasteiger partial charge in [0.2, 0.25) is 5.91 Å². The molecule has 6 heteroatoms. The maximum atomic E-state index is 12.1. The highest BCUT2D eigenvalue weighted by Gasteiger charge is 2.24. The molecule has 2 unspecified atom stereocenters. The molecule has 0 saturated heterocycles. The Kier molecular flexibility index (Phi) is 7.71. The average molecular weight is 408 g/mol. The Morgan fingerprint density at radius 1 is 1.10 bits per heavy atom. The smallest absolute Gasteiger partial charge is 0.225 e. The van der Waals surface area contributed by atoms with Crippen molar-refractivity contribution >= 4 is 23.2 Å². The summed E-state index contributed by atoms with van der Waals surface area (Å²) >= 11 is 0. The van der Waals surface area contributed by atoms with Gasteiger partial charge in [-0.2, -0.15) is 0 Å². The first kappa shape index (κ1) is 21.7. The van der Waals surface area contributed by atoms with Crippen LogP contribution >= 0.6 is 0 Å². The van der Waals surface area contributed by atoms with Gasteiger partial charge in [0.1, 0.15) is 0 Å². The van der Waals surface area contributed by atoms with Crippen LogP contribution in [0.4, 0.5) is 11.4 Å². The summed E-state index contributed by atoms with van der Waals surface area (Å²) in [6.07, 6.45) is 0.480. The highest BCUT2D eigenvalue weighted by molar-refractivity contribution is 5.94. The standard InChI is InChI=1S/C24H33N5O/c1-4-25-24(27-16-22(17(2)3)28-19-10-6-5-7-11-19)26-15-18-14-23(30)29-21-13-9-8-12-20(18)21/h5-13,17-18,22,28H,4,14-16H2,1-3H3,(H,29,30)(H2,25,26,27). The fourth-order valence-electron chi connectivity index (χ4n) is 3.61. The van der Waals surface area contributed by atoms with E-state index in [9.17, 15) is 4.79 Å². The van der Waals surface area contributed by atoms with Crippen LogP contribution in [-0.2, 0) is 4.79 Å². The van der Waals surface area contributed by atoms with Crippen molar-refractivity contribution in [3.63, 3.8) is 0 Å². The Balaban J connectivity index is 1.64. The average Bonchev–Trinajstić information content (AvgIpc) is 2.74. The van der Waals surface area contributed by atoms with Crippen LogP contribution in [0, 0.1) is 5.92 Å². The number of nitrogens with one attached hydrogen (secondary N) is 4. The van der Waals surface area contributed by atoms with Gasteiger partial charge in [0.15, 0.2) is 5.96 Å². The number of benzene rings is 2. The molecule has 1 aliphatic rings. The minimum atomic E-state index is 0.0642. The fraction of sp³-hybridized carbons (Fsp3) is 0.417. The summed E-state index contributed by atoms with van der Waals surface area (Å²) in [5.41, 5.74) is 3.19. The number of nitrogens with zero attached hydrogens (tertiary/aromatic N) is 1. The van der Waals surface area contributed by atoms with Crippen molar-refractivity contribution in [2.24, 2.45) is 10.9 Å². The Hall–Kier alpha value is -3.02. The molecule has 0 saturated carbocycles. The molecule has 30 heavy (non-hydrogen) atoms. The number of carbonyl (C=O) groups is 1. The van der Waals surface area contributed by atoms with Crippen molar-refractivity contribution in [2.45, 2.75) is 39.2 Å². The van der Waals surface area contributed by atoms with Crippen LogP contribution < -0.4 is 21.3 Å². The molecular weight excluding hydrogens is 374 g/mol. The molecule has 0 fully saturated rings. The Morgan fingerprint density at radius 3 is 2.57 bits per heavy atom. The Labute approximate surface area is 179 Å². The van der Waals surface area contributed by atoms with E-state index in [2.05, 4.69) is 60.2 Å². The van der Waals surface area contributed by atoms with Crippen molar-refractivity contribution in [2.75, 3.05) is 30.3 Å². The third kappa shape index (κ3) is 5.99. The van der Waals surface area contributed by atoms with Gasteiger partial charge >= 0.3 is 0 Å². The highest BCUT2D eigenvalue weighted by atomic mass is 16.1. The van der Waals surface area contributed by atoms with Crippen molar-refractivity contribution in [3.8, 4) is 0 Å². The molecule has 2 aromatic carbocycles. The number of anilines is 2. The predicted molar refractivity (Wildman–Crippen MR) is 125 cm³/mol. The summed E-state index contributed by atoms with van der Waals surface area (Å²) < 4.78 is 0. The van der Waals surface area contributed by atoms with Gasteiger partial charge in [-0.05, 0) is 36.6 Å². The summed E-state index contributed by atoms with van der Waals surface area (Å²) in [6, 6.07) is 18.5. The molecule has 0 spiro atoms. The minimum Gasteiger partial charge on any atom is -0.380 e. The summed E-state index contributed by atoms with van der Waals surface area (Å²) in [4.78, 5) is 16.9. The van der Waals surface area contributed by atoms with E-state index in [1.165, 1.54) is 5.56 Å². The lowest BCUT2D eigenvalue weighted by atomic mass is 9.90. The number of fused-ring (bicyclic) bond motifs is 1. The number of rotatable bonds is 8. The molecule has 0 bridgehead atoms. The molecule has 0 aliphatic carbocycles. The predicted octanol–water partition coefficient (Wildman–Crippen LogP) is 3.80. The first-order valence-corrected chi connectivity index (χ1v) is 10.8. The largest absolute Gasteiger partial charge is 0.380 e. The molecule has 160 valence electrons. The van der Waals surface area contributed by atoms with Crippen LogP contribution in [0.25, 0.3) is 0 Å². The van der Waals surface area contributed by atoms with E-state index in [0.29, 0.717) is 25.4 Å². The molecule has 1 heterocycles. The second-order valence-electron chi connectivity index (χ2n) is 8.00. The van der Waals surface area contributed by atoms with Gasteiger partial charge in [-0.25, -0.2) is 0 Å². The topological polar surface area (TPSA) is 77.6 Å². The molecule has 2 atom stereocenters. The second-order valence-corrected chi connectivity index (χ2v) is 8.00. The number of carbonyl (C=O) groups excluding carboxylic acids is 1. The number of amides is 1. The van der Waals surface area contributed by atoms with E-state index in [-0.39, 0.29) is 17.9 Å². The monoisotopic (exact) mass is 407 g/mol. The number of aliphatic imine (C=N–C) groups is 1. The van der Waals surface area contributed by atoms with Gasteiger partial charge in [-0.15, -0.1) is 0 Å². The maximum Gasteiger partial charge on any atom is 0.225 e. The maximum absolute atomic E-state index is 12.1. The number of hydrogen-bond donors (Lipinski definition) is 4. The van der Waals surface area contributed by atoms with Gasteiger partial charge in [-0.3, -0.25) is 9.79 Å². The third-order valence-corrected chi connectivity index (χ3v) is 5.34. The van der Waals surface area contributed by atoms with Crippen LogP contribution in [0.1, 0.15) is 38.7 Å². The van der Waals surface area contributed by atoms with Crippen LogP contribution in [0.5, 0.6) is 0 Å². The van der Waals surface area contributed by atoms with Gasteiger partial charge in [0.25, 0.3) is 0 Å². The van der Waals surface area contributed by atoms with Crippen LogP contribution in [0.2, 0.25) is 0 Å². The second kappa shape index (κ2) is 10.7. The molecule has 2 aromatic rings. The molecule has 1 aliphatic heterocycles. The number of para-hydroxylation sites is 2. The summed E-state index contributed by atoms with van der Waals surface area (Å²) in [5.74, 6) is 1.41. The van der Waals surface area contributed by atoms with E-state index in [1.54, 1.807) is 0 Å². The quantitative estimate of drug-likeness (QED) is 0.396. The molecule has 3 rings (SSSR count). The molecular formula is C24H33N5O. The normalized spacial score (nSPS) is 17.1. The third-order valence-electron chi connectivity index (χ3n) is 5.34. The van der Waals surface area contributed by atoms with E-state index in [4.69, 9.17) is 4.99 Å². The van der Waals surface area contributed by atoms with Crippen molar-refractivity contribution in [1.82, 2.24) is 10.6 Å². The first-order chi connectivity index (χ1) is 14.6. The SMILES string of the molecule is CCNC(=NCC(Nc1ccccc1)C(C)C)NCC1CC(=O)Nc2ccccc21. The van der Waals surface area contributed by atoms with E-state index in [1.807, 2.05) is 36.4 Å². The molecule has 1 amide bonds. The first-order valence-electron chi connectivity index (χ1n) is 10.8. The number of hydrogen-bond acceptors (Lipinski definition) is 3. The van der Waals surface area contributed by atoms with Gasteiger partial charge in [0, 0.05) is 42.8 Å². The lowest BCUT2D eigenvalue weighted by Gasteiger charge is -2.27. The zero-order valence-corrected chi connectivity index (χ0v) is 18.1. The fourth-order valence-corrected chi connectivity index (χ4v) is 3.61. The van der Waals surface area contributed by atoms with Gasteiger partial charge in [-0.1, -0.05) is 50.2 Å². The minimum absolute atomic E-state index is 0.0642. The van der Waals surface area contributed by atoms with E-state index < -0.39 is 0 Å². The highest BCUT2D eigenvalue weighted by Crippen LogP contribution is 2.31. The molecule has 0 aromatic heterocycles. The number of guanidine groups is 1. The van der Waals surface area contributed by atoms with Crippen molar-refractivity contribution in [1.29, 1.82) is 0 Å². The Bertz CT molecular complexity index is 850. The van der Waals surface area contributed by atoms with E-state index >= 15 is 0 Å². The van der Waals surface area contributed by atoms with Crippen LogP contribution in [0.15, 0.2) is 59.6 Å². The lowest BCUT2D eigenvalue weighted by Crippen LogP contribution is -2.41. The molecule has 6 nitrogen and oxygen atoms in total. The van der Waals surface area contributed by atoms with Crippen LogP contribution in [0.3, 0.4) is 0 Å². The summed E-state index contributed by atoms with van der Waals surface area (Å²) in [7, 11) is 0.